The third-order valence-electron chi connectivity index (χ3n) is 3.82. The van der Waals surface area contributed by atoms with E-state index >= 15 is 0 Å². The molecule has 2 heterocycles. The van der Waals surface area contributed by atoms with Gasteiger partial charge in [0, 0.05) is 6.42 Å². The van der Waals surface area contributed by atoms with E-state index in [1.165, 1.54) is 0 Å². The van der Waals surface area contributed by atoms with Crippen LogP contribution in [0.15, 0.2) is 12.3 Å². The highest BCUT2D eigenvalue weighted by atomic mass is 19.3. The summed E-state index contributed by atoms with van der Waals surface area (Å²) in [6.07, 6.45) is -2.18. The summed E-state index contributed by atoms with van der Waals surface area (Å²) < 4.78 is 49.9. The van der Waals surface area contributed by atoms with Crippen LogP contribution < -0.4 is 5.59 Å². The molecule has 1 saturated heterocycles. The fourth-order valence-corrected chi connectivity index (χ4v) is 1.99. The Labute approximate surface area is 116 Å². The molecule has 0 spiro atoms. The minimum Gasteiger partial charge on any atom is -0.398 e. The van der Waals surface area contributed by atoms with Crippen LogP contribution in [0.4, 0.5) is 13.2 Å². The molecular weight excluding hydrogens is 270 g/mol. The average molecular weight is 287 g/mol. The smallest absolute Gasteiger partial charge is 0.398 e. The van der Waals surface area contributed by atoms with Gasteiger partial charge in [0.05, 0.1) is 23.0 Å². The molecule has 20 heavy (non-hydrogen) atoms. The first-order valence-corrected chi connectivity index (χ1v) is 6.40. The van der Waals surface area contributed by atoms with Gasteiger partial charge >= 0.3 is 7.12 Å². The highest BCUT2D eigenvalue weighted by molar-refractivity contribution is 6.61. The van der Waals surface area contributed by atoms with Crippen molar-refractivity contribution >= 4 is 12.7 Å². The number of halogens is 3. The van der Waals surface area contributed by atoms with Crippen molar-refractivity contribution < 1.29 is 22.5 Å². The summed E-state index contributed by atoms with van der Waals surface area (Å²) >= 11 is 0. The molecule has 3 nitrogen and oxygen atoms in total. The first kappa shape index (κ1) is 15.3. The van der Waals surface area contributed by atoms with Crippen LogP contribution in [0.5, 0.6) is 0 Å². The zero-order valence-corrected chi connectivity index (χ0v) is 11.9. The summed E-state index contributed by atoms with van der Waals surface area (Å²) in [5, 5.41) is 0. The van der Waals surface area contributed by atoms with Gasteiger partial charge < -0.3 is 9.31 Å². The Balaban J connectivity index is 2.34. The quantitative estimate of drug-likeness (QED) is 0.800. The highest BCUT2D eigenvalue weighted by Gasteiger charge is 2.53. The molecule has 1 aromatic heterocycles. The molecule has 1 aromatic rings. The van der Waals surface area contributed by atoms with Crippen molar-refractivity contribution in [3.05, 3.63) is 23.6 Å². The van der Waals surface area contributed by atoms with Crippen LogP contribution in [0.25, 0.3) is 0 Å². The van der Waals surface area contributed by atoms with E-state index in [9.17, 15) is 13.2 Å². The number of alkyl halides is 2. The summed E-state index contributed by atoms with van der Waals surface area (Å²) in [7, 11) is -0.866. The van der Waals surface area contributed by atoms with E-state index in [4.69, 9.17) is 9.31 Å². The van der Waals surface area contributed by atoms with Crippen LogP contribution in [-0.2, 0) is 15.7 Å². The number of hydrogen-bond acceptors (Lipinski definition) is 3. The Morgan fingerprint density at radius 2 is 1.75 bits per heavy atom. The number of hydrogen-bond donors (Lipinski definition) is 0. The van der Waals surface area contributed by atoms with Crippen LogP contribution >= 0.6 is 0 Å². The monoisotopic (exact) mass is 287 g/mol. The molecule has 1 fully saturated rings. The third-order valence-corrected chi connectivity index (χ3v) is 3.82. The number of nitrogens with zero attached hydrogens (tertiary/aromatic N) is 1. The first-order chi connectivity index (χ1) is 9.12. The van der Waals surface area contributed by atoms with Gasteiger partial charge in [-0.2, -0.15) is 0 Å². The van der Waals surface area contributed by atoms with Crippen molar-refractivity contribution in [2.24, 2.45) is 0 Å². The van der Waals surface area contributed by atoms with E-state index in [-0.39, 0.29) is 11.2 Å². The van der Waals surface area contributed by atoms with Crippen molar-refractivity contribution in [2.75, 3.05) is 0 Å². The highest BCUT2D eigenvalue weighted by Crippen LogP contribution is 2.36. The zero-order valence-electron chi connectivity index (χ0n) is 11.9. The van der Waals surface area contributed by atoms with E-state index in [0.29, 0.717) is 0 Å². The summed E-state index contributed by atoms with van der Waals surface area (Å²) in [6, 6.07) is 1.06. The molecule has 2 rings (SSSR count). The van der Waals surface area contributed by atoms with Crippen molar-refractivity contribution in [1.29, 1.82) is 0 Å². The number of aromatic nitrogens is 1. The molecule has 110 valence electrons. The van der Waals surface area contributed by atoms with Gasteiger partial charge in [0.25, 0.3) is 0 Å². The molecular formula is C13H17BF3NO2. The largest absolute Gasteiger partial charge is 0.514 e. The molecule has 0 bridgehead atoms. The molecule has 7 heteroatoms. The van der Waals surface area contributed by atoms with Gasteiger partial charge in [0.2, 0.25) is 6.43 Å². The van der Waals surface area contributed by atoms with Gasteiger partial charge in [-0.25, -0.2) is 13.2 Å². The molecule has 0 atom stereocenters. The fraction of sp³-hybridized carbons (Fsp3) is 0.615. The minimum atomic E-state index is -2.58. The molecule has 0 aromatic carbocycles. The second-order valence-corrected chi connectivity index (χ2v) is 5.88. The van der Waals surface area contributed by atoms with Crippen LogP contribution in [0.1, 0.15) is 33.3 Å². The first-order valence-electron chi connectivity index (χ1n) is 6.40. The summed E-state index contributed by atoms with van der Waals surface area (Å²) in [4.78, 5) is 3.89. The summed E-state index contributed by atoms with van der Waals surface area (Å²) in [6.45, 7) is 7.40. The van der Waals surface area contributed by atoms with E-state index < -0.39 is 37.0 Å². The molecule has 0 amide bonds. The normalized spacial score (nSPS) is 20.7. The third kappa shape index (κ3) is 2.83. The Morgan fingerprint density at radius 1 is 1.20 bits per heavy atom. The lowest BCUT2D eigenvalue weighted by Gasteiger charge is -2.32. The molecule has 0 N–H and O–H groups in total. The predicted molar refractivity (Wildman–Crippen MR) is 69.6 cm³/mol. The Kier molecular flexibility index (Phi) is 3.86. The van der Waals surface area contributed by atoms with Crippen molar-refractivity contribution in [1.82, 2.24) is 4.98 Å². The summed E-state index contributed by atoms with van der Waals surface area (Å²) in [5.74, 6) is -0.652. The Hall–Kier alpha value is -1.08. The lowest BCUT2D eigenvalue weighted by Crippen LogP contribution is -2.41. The second-order valence-electron chi connectivity index (χ2n) is 5.88. The molecule has 0 saturated carbocycles. The topological polar surface area (TPSA) is 31.4 Å². The van der Waals surface area contributed by atoms with Gasteiger partial charge in [-0.3, -0.25) is 4.98 Å². The summed E-state index contributed by atoms with van der Waals surface area (Å²) in [5.41, 5.74) is -0.880. The van der Waals surface area contributed by atoms with Gasteiger partial charge in [-0.05, 0) is 39.3 Å². The molecule has 1 aliphatic heterocycles. The maximum absolute atomic E-state index is 13.2. The maximum atomic E-state index is 13.2. The van der Waals surface area contributed by atoms with Gasteiger partial charge in [-0.1, -0.05) is 0 Å². The van der Waals surface area contributed by atoms with E-state index in [1.807, 2.05) is 27.7 Å². The van der Waals surface area contributed by atoms with Gasteiger partial charge in [0.1, 0.15) is 5.82 Å². The van der Waals surface area contributed by atoms with E-state index in [1.54, 1.807) is 0 Å². The Morgan fingerprint density at radius 3 is 2.25 bits per heavy atom. The van der Waals surface area contributed by atoms with Gasteiger partial charge in [0.15, 0.2) is 0 Å². The average Bonchev–Trinajstić information content (AvgIpc) is 2.46. The molecule has 0 unspecified atom stereocenters. The van der Waals surface area contributed by atoms with Crippen LogP contribution in [0.3, 0.4) is 0 Å². The fourth-order valence-electron chi connectivity index (χ4n) is 1.99. The van der Waals surface area contributed by atoms with Crippen LogP contribution in [0, 0.1) is 5.82 Å². The van der Waals surface area contributed by atoms with Crippen molar-refractivity contribution in [2.45, 2.75) is 51.7 Å². The number of pyridine rings is 1. The standard InChI is InChI=1S/C13H17BF3NO2/c1-12(2)13(3,4)20-14(19-12)11-8(6-10(16)17)5-9(15)7-18-11/h5,7,10H,6H2,1-4H3. The number of rotatable bonds is 3. The lowest BCUT2D eigenvalue weighted by atomic mass is 9.80. The molecule has 0 aliphatic carbocycles. The van der Waals surface area contributed by atoms with E-state index in [0.717, 1.165) is 12.3 Å². The van der Waals surface area contributed by atoms with Crippen molar-refractivity contribution in [3.63, 3.8) is 0 Å². The minimum absolute atomic E-state index is 0.110. The predicted octanol–water partition coefficient (Wildman–Crippen LogP) is 2.33. The van der Waals surface area contributed by atoms with Crippen molar-refractivity contribution in [3.8, 4) is 0 Å². The lowest BCUT2D eigenvalue weighted by molar-refractivity contribution is 0.00578. The molecule has 1 aliphatic rings. The SMILES string of the molecule is CC1(C)OB(c2ncc(F)cc2CC(F)F)OC1(C)C. The Bertz CT molecular complexity index is 492. The second kappa shape index (κ2) is 5.04. The van der Waals surface area contributed by atoms with Crippen LogP contribution in [-0.4, -0.2) is 29.7 Å². The zero-order chi connectivity index (χ0) is 15.1. The maximum Gasteiger partial charge on any atom is 0.514 e. The molecule has 0 radical (unpaired) electrons. The van der Waals surface area contributed by atoms with Crippen LogP contribution in [0.2, 0.25) is 0 Å². The van der Waals surface area contributed by atoms with E-state index in [2.05, 4.69) is 4.98 Å². The van der Waals surface area contributed by atoms with Gasteiger partial charge in [-0.15, -0.1) is 0 Å².